The summed E-state index contributed by atoms with van der Waals surface area (Å²) in [5.41, 5.74) is 0.996. The molecule has 0 fully saturated rings. The smallest absolute Gasteiger partial charge is 0.244 e. The van der Waals surface area contributed by atoms with Gasteiger partial charge in [0.15, 0.2) is 0 Å². The van der Waals surface area contributed by atoms with Crippen LogP contribution in [0.15, 0.2) is 63.7 Å². The highest BCUT2D eigenvalue weighted by molar-refractivity contribution is 9.10. The highest BCUT2D eigenvalue weighted by Gasteiger charge is 2.15. The lowest BCUT2D eigenvalue weighted by molar-refractivity contribution is -0.124. The summed E-state index contributed by atoms with van der Waals surface area (Å²) in [5, 5.41) is 6.93. The van der Waals surface area contributed by atoms with Crippen molar-refractivity contribution in [1.82, 2.24) is 15.1 Å². The Labute approximate surface area is 142 Å². The molecule has 0 saturated heterocycles. The van der Waals surface area contributed by atoms with Crippen LogP contribution in [0.4, 0.5) is 0 Å². The fourth-order valence-electron chi connectivity index (χ4n) is 2.19. The summed E-state index contributed by atoms with van der Waals surface area (Å²) >= 11 is 3.41. The molecule has 0 aliphatic heterocycles. The molecule has 0 spiro atoms. The molecule has 1 atom stereocenters. The molecule has 2 aromatic heterocycles. The van der Waals surface area contributed by atoms with E-state index in [1.807, 2.05) is 36.4 Å². The first-order chi connectivity index (χ1) is 11.1. The monoisotopic (exact) mass is 373 g/mol. The van der Waals surface area contributed by atoms with Crippen LogP contribution in [0.1, 0.15) is 18.7 Å². The molecule has 3 rings (SSSR count). The first-order valence-corrected chi connectivity index (χ1v) is 8.04. The topological polar surface area (TPSA) is 60.1 Å². The van der Waals surface area contributed by atoms with Gasteiger partial charge in [-0.2, -0.15) is 5.10 Å². The van der Waals surface area contributed by atoms with Crippen molar-refractivity contribution in [3.8, 4) is 11.3 Å². The maximum absolute atomic E-state index is 12.1. The second kappa shape index (κ2) is 6.83. The highest BCUT2D eigenvalue weighted by atomic mass is 79.9. The molecule has 5 nitrogen and oxygen atoms in total. The van der Waals surface area contributed by atoms with Crippen LogP contribution >= 0.6 is 15.9 Å². The van der Waals surface area contributed by atoms with E-state index in [-0.39, 0.29) is 11.9 Å². The minimum atomic E-state index is -0.356. The van der Waals surface area contributed by atoms with E-state index in [4.69, 9.17) is 4.42 Å². The van der Waals surface area contributed by atoms with Crippen LogP contribution in [0.5, 0.6) is 0 Å². The first kappa shape index (κ1) is 15.6. The number of nitrogens with one attached hydrogen (secondary N) is 1. The van der Waals surface area contributed by atoms with Gasteiger partial charge >= 0.3 is 0 Å². The van der Waals surface area contributed by atoms with Gasteiger partial charge < -0.3 is 9.73 Å². The minimum Gasteiger partial charge on any atom is -0.459 e. The van der Waals surface area contributed by atoms with Gasteiger partial charge in [0.05, 0.1) is 6.54 Å². The third kappa shape index (κ3) is 3.71. The maximum Gasteiger partial charge on any atom is 0.244 e. The van der Waals surface area contributed by atoms with Gasteiger partial charge in [0, 0.05) is 22.4 Å². The Hall–Kier alpha value is -2.34. The number of rotatable bonds is 5. The molecule has 2 heterocycles. The van der Waals surface area contributed by atoms with Crippen LogP contribution in [0.2, 0.25) is 0 Å². The Morgan fingerprint density at radius 1 is 1.30 bits per heavy atom. The zero-order chi connectivity index (χ0) is 16.2. The minimum absolute atomic E-state index is 0.102. The predicted molar refractivity (Wildman–Crippen MR) is 90.6 cm³/mol. The number of furan rings is 1. The van der Waals surface area contributed by atoms with E-state index in [0.717, 1.165) is 15.8 Å². The summed E-state index contributed by atoms with van der Waals surface area (Å²) in [6.45, 7) is 2.15. The number of amides is 1. The number of carbonyl (C=O) groups is 1. The van der Waals surface area contributed by atoms with Gasteiger partial charge in [-0.05, 0) is 37.3 Å². The van der Waals surface area contributed by atoms with E-state index in [0.29, 0.717) is 12.3 Å². The third-order valence-electron chi connectivity index (χ3n) is 3.53. The van der Waals surface area contributed by atoms with Gasteiger partial charge in [0.1, 0.15) is 17.6 Å². The fraction of sp³-hybridized carbons (Fsp3) is 0.176. The highest BCUT2D eigenvalue weighted by Crippen LogP contribution is 2.24. The Balaban J connectivity index is 1.61. The van der Waals surface area contributed by atoms with Crippen LogP contribution < -0.4 is 5.32 Å². The number of halogens is 1. The van der Waals surface area contributed by atoms with E-state index in [9.17, 15) is 4.79 Å². The number of benzene rings is 1. The summed E-state index contributed by atoms with van der Waals surface area (Å²) in [4.78, 5) is 12.1. The van der Waals surface area contributed by atoms with Crippen molar-refractivity contribution in [2.75, 3.05) is 0 Å². The van der Waals surface area contributed by atoms with Crippen molar-refractivity contribution in [1.29, 1.82) is 0 Å². The maximum atomic E-state index is 12.1. The summed E-state index contributed by atoms with van der Waals surface area (Å²) in [6.07, 6.45) is 3.42. The van der Waals surface area contributed by atoms with Gasteiger partial charge in [-0.1, -0.05) is 28.1 Å². The van der Waals surface area contributed by atoms with Crippen molar-refractivity contribution < 1.29 is 9.21 Å². The second-order valence-electron chi connectivity index (χ2n) is 5.15. The number of aromatic nitrogens is 2. The zero-order valence-electron chi connectivity index (χ0n) is 12.6. The van der Waals surface area contributed by atoms with E-state index >= 15 is 0 Å². The molecule has 6 heteroatoms. The summed E-state index contributed by atoms with van der Waals surface area (Å²) < 4.78 is 8.41. The van der Waals surface area contributed by atoms with Crippen LogP contribution in [0, 0.1) is 0 Å². The lowest BCUT2D eigenvalue weighted by atomic mass is 10.2. The summed E-state index contributed by atoms with van der Waals surface area (Å²) in [5.74, 6) is 1.39. The number of hydrogen-bond acceptors (Lipinski definition) is 3. The van der Waals surface area contributed by atoms with Crippen LogP contribution in [0.25, 0.3) is 11.3 Å². The van der Waals surface area contributed by atoms with Gasteiger partial charge in [0.25, 0.3) is 0 Å². The fourth-order valence-corrected chi connectivity index (χ4v) is 2.46. The normalized spacial score (nSPS) is 12.1. The molecular weight excluding hydrogens is 358 g/mol. The van der Waals surface area contributed by atoms with Crippen LogP contribution in [0.3, 0.4) is 0 Å². The Bertz CT molecular complexity index is 779. The zero-order valence-corrected chi connectivity index (χ0v) is 14.2. The van der Waals surface area contributed by atoms with Gasteiger partial charge in [-0.3, -0.25) is 9.48 Å². The molecule has 1 amide bonds. The SMILES string of the molecule is CC(C(=O)NCc1ccc(-c2ccc(Br)cc2)o1)n1cccn1. The molecule has 118 valence electrons. The molecule has 0 aliphatic rings. The molecule has 0 saturated carbocycles. The lowest BCUT2D eigenvalue weighted by Gasteiger charge is -2.11. The van der Waals surface area contributed by atoms with E-state index < -0.39 is 0 Å². The Kier molecular flexibility index (Phi) is 4.62. The Morgan fingerprint density at radius 2 is 2.09 bits per heavy atom. The molecule has 1 N–H and O–H groups in total. The number of carbonyl (C=O) groups excluding carboxylic acids is 1. The van der Waals surface area contributed by atoms with Gasteiger partial charge in [-0.25, -0.2) is 0 Å². The van der Waals surface area contributed by atoms with Crippen molar-refractivity contribution >= 4 is 21.8 Å². The average molecular weight is 374 g/mol. The lowest BCUT2D eigenvalue weighted by Crippen LogP contribution is -2.30. The molecule has 1 aromatic carbocycles. The molecule has 23 heavy (non-hydrogen) atoms. The quantitative estimate of drug-likeness (QED) is 0.739. The van der Waals surface area contributed by atoms with Crippen molar-refractivity contribution in [2.24, 2.45) is 0 Å². The third-order valence-corrected chi connectivity index (χ3v) is 4.06. The summed E-state index contributed by atoms with van der Waals surface area (Å²) in [6, 6.07) is 13.1. The van der Waals surface area contributed by atoms with Crippen LogP contribution in [-0.2, 0) is 11.3 Å². The average Bonchev–Trinajstić information content (AvgIpc) is 3.24. The molecule has 0 radical (unpaired) electrons. The predicted octanol–water partition coefficient (Wildman–Crippen LogP) is 3.78. The molecular formula is C17H16BrN3O2. The second-order valence-corrected chi connectivity index (χ2v) is 6.07. The molecule has 1 unspecified atom stereocenters. The number of nitrogens with zero attached hydrogens (tertiary/aromatic N) is 2. The van der Waals surface area contributed by atoms with Crippen molar-refractivity contribution in [2.45, 2.75) is 19.5 Å². The summed E-state index contributed by atoms with van der Waals surface area (Å²) in [7, 11) is 0. The number of hydrogen-bond donors (Lipinski definition) is 1. The van der Waals surface area contributed by atoms with Crippen LogP contribution in [-0.4, -0.2) is 15.7 Å². The van der Waals surface area contributed by atoms with Crippen molar-refractivity contribution in [3.63, 3.8) is 0 Å². The first-order valence-electron chi connectivity index (χ1n) is 7.25. The molecule has 0 aliphatic carbocycles. The van der Waals surface area contributed by atoms with E-state index in [1.54, 1.807) is 30.1 Å². The van der Waals surface area contributed by atoms with Crippen molar-refractivity contribution in [3.05, 3.63) is 65.1 Å². The van der Waals surface area contributed by atoms with E-state index in [1.165, 1.54) is 0 Å². The molecule has 0 bridgehead atoms. The Morgan fingerprint density at radius 3 is 2.78 bits per heavy atom. The van der Waals surface area contributed by atoms with Gasteiger partial charge in [-0.15, -0.1) is 0 Å². The molecule has 3 aromatic rings. The standard InChI is InChI=1S/C17H16BrN3O2/c1-12(21-10-2-9-20-21)17(22)19-11-15-7-8-16(23-15)13-3-5-14(18)6-4-13/h2-10,12H,11H2,1H3,(H,19,22). The largest absolute Gasteiger partial charge is 0.459 e. The van der Waals surface area contributed by atoms with Gasteiger partial charge in [0.2, 0.25) is 5.91 Å². The van der Waals surface area contributed by atoms with E-state index in [2.05, 4.69) is 26.3 Å².